The number of benzene rings is 2. The number of hydrogen-bond donors (Lipinski definition) is 1. The fourth-order valence-electron chi connectivity index (χ4n) is 4.55. The molecule has 0 bridgehead atoms. The topological polar surface area (TPSA) is 69.7 Å². The molecule has 2 aromatic rings. The molecule has 2 aromatic carbocycles. The van der Waals surface area contributed by atoms with Crippen molar-refractivity contribution in [1.29, 1.82) is 0 Å². The van der Waals surface area contributed by atoms with Crippen molar-refractivity contribution in [3.05, 3.63) is 63.7 Å². The molecule has 1 N–H and O–H groups in total. The maximum Gasteiger partial charge on any atom is 0.335 e. The first-order valence-electron chi connectivity index (χ1n) is 10.5. The van der Waals surface area contributed by atoms with Crippen LogP contribution in [0.3, 0.4) is 0 Å². The fourth-order valence-corrected chi connectivity index (χ4v) is 4.74. The Hall–Kier alpha value is -3.12. The van der Waals surface area contributed by atoms with Gasteiger partial charge in [0.25, 0.3) is 11.8 Å². The van der Waals surface area contributed by atoms with E-state index in [1.54, 1.807) is 24.3 Å². The normalized spacial score (nSPS) is 21.6. The van der Waals surface area contributed by atoms with Crippen LogP contribution in [0.5, 0.6) is 0 Å². The van der Waals surface area contributed by atoms with E-state index in [0.717, 1.165) is 28.1 Å². The zero-order valence-corrected chi connectivity index (χ0v) is 19.6. The lowest BCUT2D eigenvalue weighted by molar-refractivity contribution is -0.122. The quantitative estimate of drug-likeness (QED) is 0.513. The van der Waals surface area contributed by atoms with E-state index in [9.17, 15) is 14.4 Å². The van der Waals surface area contributed by atoms with Gasteiger partial charge >= 0.3 is 6.03 Å². The number of urea groups is 1. The Labute approximate surface area is 192 Å². The number of halogens is 1. The van der Waals surface area contributed by atoms with Crippen molar-refractivity contribution in [1.82, 2.24) is 5.32 Å². The molecule has 166 valence electrons. The van der Waals surface area contributed by atoms with Gasteiger partial charge in [0.2, 0.25) is 0 Å². The molecular formula is C25H26ClN3O3. The maximum atomic E-state index is 13.2. The molecule has 2 aliphatic rings. The molecular weight excluding hydrogens is 426 g/mol. The zero-order valence-electron chi connectivity index (χ0n) is 18.8. The van der Waals surface area contributed by atoms with Gasteiger partial charge in [-0.15, -0.1) is 0 Å². The number of anilines is 2. The second-order valence-electron chi connectivity index (χ2n) is 9.18. The van der Waals surface area contributed by atoms with Crippen molar-refractivity contribution < 1.29 is 14.4 Å². The molecule has 4 amide bonds. The maximum absolute atomic E-state index is 13.2. The van der Waals surface area contributed by atoms with E-state index >= 15 is 0 Å². The highest BCUT2D eigenvalue weighted by Gasteiger charge is 2.38. The molecule has 4 rings (SSSR count). The highest BCUT2D eigenvalue weighted by molar-refractivity contribution is 6.39. The van der Waals surface area contributed by atoms with Crippen LogP contribution in [-0.2, 0) is 9.59 Å². The van der Waals surface area contributed by atoms with Gasteiger partial charge < -0.3 is 4.90 Å². The summed E-state index contributed by atoms with van der Waals surface area (Å²) in [5, 5.41) is 2.65. The van der Waals surface area contributed by atoms with Crippen molar-refractivity contribution in [3.8, 4) is 0 Å². The Morgan fingerprint density at radius 2 is 1.88 bits per heavy atom. The van der Waals surface area contributed by atoms with E-state index in [-0.39, 0.29) is 11.1 Å². The van der Waals surface area contributed by atoms with Crippen molar-refractivity contribution in [3.63, 3.8) is 0 Å². The van der Waals surface area contributed by atoms with Crippen molar-refractivity contribution in [2.75, 3.05) is 16.8 Å². The van der Waals surface area contributed by atoms with Gasteiger partial charge in [-0.25, -0.2) is 9.69 Å². The van der Waals surface area contributed by atoms with Crippen LogP contribution >= 0.6 is 11.6 Å². The minimum Gasteiger partial charge on any atom is -0.369 e. The predicted molar refractivity (Wildman–Crippen MR) is 127 cm³/mol. The minimum atomic E-state index is -0.793. The number of imide groups is 2. The van der Waals surface area contributed by atoms with Gasteiger partial charge in [0.15, 0.2) is 0 Å². The Balaban J connectivity index is 1.78. The summed E-state index contributed by atoms with van der Waals surface area (Å²) in [4.78, 5) is 41.4. The number of hydrogen-bond acceptors (Lipinski definition) is 4. The van der Waals surface area contributed by atoms with E-state index in [1.165, 1.54) is 11.6 Å². The minimum absolute atomic E-state index is 0.0376. The number of nitrogens with one attached hydrogen (secondary N) is 1. The third-order valence-corrected chi connectivity index (χ3v) is 6.72. The Kier molecular flexibility index (Phi) is 5.37. The number of rotatable bonds is 2. The van der Waals surface area contributed by atoms with Crippen LogP contribution in [0.2, 0.25) is 5.02 Å². The molecule has 0 unspecified atom stereocenters. The number of barbiturate groups is 1. The molecule has 2 aliphatic heterocycles. The molecule has 1 atom stereocenters. The molecule has 1 fully saturated rings. The van der Waals surface area contributed by atoms with Gasteiger partial charge in [0.1, 0.15) is 5.57 Å². The third-order valence-electron chi connectivity index (χ3n) is 6.49. The summed E-state index contributed by atoms with van der Waals surface area (Å²) in [5.41, 5.74) is 4.31. The standard InChI is InChI=1S/C25H26ClN3O3/c1-14-9-21-19(15(2)13-25(3,4)28(21)5)10-16(14)11-20-22(30)27-24(32)29(23(20)31)18-8-6-7-17(26)12-18/h6-12,15H,13H2,1-5H3,(H,27,30,32)/b20-11+/t15-/m0/s1. The molecule has 2 heterocycles. The third kappa shape index (κ3) is 3.69. The molecule has 0 aliphatic carbocycles. The monoisotopic (exact) mass is 451 g/mol. The second kappa shape index (κ2) is 7.78. The van der Waals surface area contributed by atoms with Crippen LogP contribution < -0.4 is 15.1 Å². The van der Waals surface area contributed by atoms with Gasteiger partial charge in [0, 0.05) is 23.3 Å². The van der Waals surface area contributed by atoms with Crippen LogP contribution in [0.15, 0.2) is 42.0 Å². The van der Waals surface area contributed by atoms with Crippen LogP contribution in [0, 0.1) is 6.92 Å². The number of fused-ring (bicyclic) bond motifs is 1. The molecule has 7 heteroatoms. The summed E-state index contributed by atoms with van der Waals surface area (Å²) < 4.78 is 0. The zero-order chi connectivity index (χ0) is 23.4. The lowest BCUT2D eigenvalue weighted by Gasteiger charge is -2.45. The van der Waals surface area contributed by atoms with E-state index in [2.05, 4.69) is 50.2 Å². The Morgan fingerprint density at radius 3 is 2.56 bits per heavy atom. The smallest absolute Gasteiger partial charge is 0.335 e. The largest absolute Gasteiger partial charge is 0.369 e. The van der Waals surface area contributed by atoms with Crippen molar-refractivity contribution >= 4 is 46.9 Å². The molecule has 0 spiro atoms. The van der Waals surface area contributed by atoms with Gasteiger partial charge in [-0.05, 0) is 86.2 Å². The second-order valence-corrected chi connectivity index (χ2v) is 9.62. The van der Waals surface area contributed by atoms with E-state index in [1.807, 2.05) is 6.92 Å². The number of carbonyl (C=O) groups is 3. The lowest BCUT2D eigenvalue weighted by Crippen LogP contribution is -2.54. The Bertz CT molecular complexity index is 1180. The molecule has 0 radical (unpaired) electrons. The predicted octanol–water partition coefficient (Wildman–Crippen LogP) is 5.04. The molecule has 0 saturated carbocycles. The number of carbonyl (C=O) groups excluding carboxylic acids is 3. The molecule has 0 aromatic heterocycles. The van der Waals surface area contributed by atoms with Crippen molar-refractivity contribution in [2.45, 2.75) is 45.6 Å². The van der Waals surface area contributed by atoms with Crippen LogP contribution in [0.4, 0.5) is 16.2 Å². The molecule has 1 saturated heterocycles. The van der Waals surface area contributed by atoms with E-state index < -0.39 is 17.8 Å². The summed E-state index contributed by atoms with van der Waals surface area (Å²) in [6.45, 7) is 8.60. The highest BCUT2D eigenvalue weighted by Crippen LogP contribution is 2.43. The van der Waals surface area contributed by atoms with Crippen molar-refractivity contribution in [2.24, 2.45) is 0 Å². The first-order valence-corrected chi connectivity index (χ1v) is 10.9. The van der Waals surface area contributed by atoms with Gasteiger partial charge in [-0.1, -0.05) is 24.6 Å². The summed E-state index contributed by atoms with van der Waals surface area (Å²) in [6.07, 6.45) is 2.57. The first kappa shape index (κ1) is 22.1. The first-order chi connectivity index (χ1) is 15.0. The van der Waals surface area contributed by atoms with E-state index in [4.69, 9.17) is 11.6 Å². The lowest BCUT2D eigenvalue weighted by atomic mass is 9.79. The SMILES string of the molecule is Cc1cc2c(cc1/C=C1\C(=O)NC(=O)N(c3cccc(Cl)c3)C1=O)[C@@H](C)CC(C)(C)N2C. The highest BCUT2D eigenvalue weighted by atomic mass is 35.5. The number of amides is 4. The van der Waals surface area contributed by atoms with E-state index in [0.29, 0.717) is 16.6 Å². The van der Waals surface area contributed by atoms with Crippen LogP contribution in [0.1, 0.15) is 49.8 Å². The molecule has 32 heavy (non-hydrogen) atoms. The average molecular weight is 452 g/mol. The van der Waals surface area contributed by atoms with Gasteiger partial charge in [0.05, 0.1) is 5.69 Å². The summed E-state index contributed by atoms with van der Waals surface area (Å²) in [6, 6.07) is 9.76. The van der Waals surface area contributed by atoms with Crippen LogP contribution in [0.25, 0.3) is 6.08 Å². The molecule has 6 nitrogen and oxygen atoms in total. The van der Waals surface area contributed by atoms with Gasteiger partial charge in [-0.2, -0.15) is 0 Å². The fraction of sp³-hybridized carbons (Fsp3) is 0.320. The average Bonchev–Trinajstić information content (AvgIpc) is 2.69. The summed E-state index contributed by atoms with van der Waals surface area (Å²) in [7, 11) is 2.09. The number of nitrogens with zero attached hydrogens (tertiary/aromatic N) is 2. The summed E-state index contributed by atoms with van der Waals surface area (Å²) >= 11 is 6.03. The van der Waals surface area contributed by atoms with Crippen LogP contribution in [-0.4, -0.2) is 30.4 Å². The van der Waals surface area contributed by atoms with Gasteiger partial charge in [-0.3, -0.25) is 14.9 Å². The number of aryl methyl sites for hydroxylation is 1. The Morgan fingerprint density at radius 1 is 1.16 bits per heavy atom. The summed E-state index contributed by atoms with van der Waals surface area (Å²) in [5.74, 6) is -1.06.